The Balaban J connectivity index is 1.77. The zero-order valence-corrected chi connectivity index (χ0v) is 12.1. The first-order chi connectivity index (χ1) is 10.2. The van der Waals surface area contributed by atoms with Gasteiger partial charge in [-0.15, -0.1) is 0 Å². The van der Waals surface area contributed by atoms with Gasteiger partial charge in [0.1, 0.15) is 11.9 Å². The molecule has 0 aliphatic heterocycles. The summed E-state index contributed by atoms with van der Waals surface area (Å²) in [5.41, 5.74) is 2.78. The van der Waals surface area contributed by atoms with E-state index in [-0.39, 0.29) is 5.82 Å². The van der Waals surface area contributed by atoms with Crippen LogP contribution in [0.4, 0.5) is 4.39 Å². The van der Waals surface area contributed by atoms with Crippen LogP contribution in [0.1, 0.15) is 60.8 Å². The fraction of sp³-hybridized carbons (Fsp3) is 0.368. The minimum absolute atomic E-state index is 0.314. The fourth-order valence-corrected chi connectivity index (χ4v) is 3.26. The standard InChI is InChI=1S/C19H21FO/c20-18-8-4-7-17(13-18)19(21)16-11-9-15(10-12-16)14-5-2-1-3-6-14/h4,7-14,19,21H,1-3,5-6H2. The van der Waals surface area contributed by atoms with Crippen LogP contribution in [0, 0.1) is 5.82 Å². The van der Waals surface area contributed by atoms with Crippen LogP contribution in [0.2, 0.25) is 0 Å². The molecular weight excluding hydrogens is 263 g/mol. The van der Waals surface area contributed by atoms with Gasteiger partial charge < -0.3 is 5.11 Å². The van der Waals surface area contributed by atoms with Crippen LogP contribution in [0.3, 0.4) is 0 Å². The molecule has 110 valence electrons. The van der Waals surface area contributed by atoms with E-state index in [4.69, 9.17) is 0 Å². The Morgan fingerprint density at radius 2 is 1.62 bits per heavy atom. The van der Waals surface area contributed by atoms with Crippen molar-refractivity contribution in [2.75, 3.05) is 0 Å². The van der Waals surface area contributed by atoms with Crippen molar-refractivity contribution in [1.29, 1.82) is 0 Å². The van der Waals surface area contributed by atoms with Crippen LogP contribution < -0.4 is 0 Å². The topological polar surface area (TPSA) is 20.2 Å². The minimum Gasteiger partial charge on any atom is -0.384 e. The summed E-state index contributed by atoms with van der Waals surface area (Å²) in [6.45, 7) is 0. The van der Waals surface area contributed by atoms with Crippen molar-refractivity contribution in [2.24, 2.45) is 0 Å². The summed E-state index contributed by atoms with van der Waals surface area (Å²) in [5, 5.41) is 10.4. The molecule has 3 rings (SSSR count). The van der Waals surface area contributed by atoms with Crippen molar-refractivity contribution in [2.45, 2.75) is 44.1 Å². The quantitative estimate of drug-likeness (QED) is 0.845. The summed E-state index contributed by atoms with van der Waals surface area (Å²) in [4.78, 5) is 0. The first-order valence-electron chi connectivity index (χ1n) is 7.77. The first-order valence-corrected chi connectivity index (χ1v) is 7.77. The average Bonchev–Trinajstić information content (AvgIpc) is 2.55. The highest BCUT2D eigenvalue weighted by molar-refractivity contribution is 5.33. The molecule has 1 atom stereocenters. The van der Waals surface area contributed by atoms with Crippen LogP contribution >= 0.6 is 0 Å². The molecule has 0 aromatic heterocycles. The molecule has 2 heteroatoms. The largest absolute Gasteiger partial charge is 0.384 e. The van der Waals surface area contributed by atoms with Gasteiger partial charge in [0.15, 0.2) is 0 Å². The highest BCUT2D eigenvalue weighted by atomic mass is 19.1. The molecule has 1 fully saturated rings. The zero-order valence-electron chi connectivity index (χ0n) is 12.1. The first kappa shape index (κ1) is 14.3. The van der Waals surface area contributed by atoms with Gasteiger partial charge in [-0.2, -0.15) is 0 Å². The lowest BCUT2D eigenvalue weighted by molar-refractivity contribution is 0.219. The predicted molar refractivity (Wildman–Crippen MR) is 82.7 cm³/mol. The van der Waals surface area contributed by atoms with Gasteiger partial charge in [0.25, 0.3) is 0 Å². The molecule has 2 aromatic rings. The lowest BCUT2D eigenvalue weighted by Crippen LogP contribution is -2.05. The molecule has 1 aliphatic rings. The van der Waals surface area contributed by atoms with Crippen LogP contribution in [-0.4, -0.2) is 5.11 Å². The van der Waals surface area contributed by atoms with Gasteiger partial charge in [0.05, 0.1) is 0 Å². The van der Waals surface area contributed by atoms with Gasteiger partial charge in [-0.1, -0.05) is 55.7 Å². The highest BCUT2D eigenvalue weighted by Gasteiger charge is 2.16. The highest BCUT2D eigenvalue weighted by Crippen LogP contribution is 2.33. The second-order valence-electron chi connectivity index (χ2n) is 5.96. The summed E-state index contributed by atoms with van der Waals surface area (Å²) < 4.78 is 13.2. The Hall–Kier alpha value is -1.67. The van der Waals surface area contributed by atoms with E-state index in [2.05, 4.69) is 12.1 Å². The minimum atomic E-state index is -0.763. The number of rotatable bonds is 3. The summed E-state index contributed by atoms with van der Waals surface area (Å²) in [6, 6.07) is 14.3. The molecule has 1 N–H and O–H groups in total. The Morgan fingerprint density at radius 3 is 2.29 bits per heavy atom. The third kappa shape index (κ3) is 3.33. The smallest absolute Gasteiger partial charge is 0.123 e. The maximum absolute atomic E-state index is 13.2. The van der Waals surface area contributed by atoms with Crippen molar-refractivity contribution in [3.63, 3.8) is 0 Å². The Kier molecular flexibility index (Phi) is 4.35. The van der Waals surface area contributed by atoms with Crippen molar-refractivity contribution in [3.05, 3.63) is 71.0 Å². The van der Waals surface area contributed by atoms with Crippen molar-refractivity contribution in [3.8, 4) is 0 Å². The number of hydrogen-bond donors (Lipinski definition) is 1. The van der Waals surface area contributed by atoms with Crippen LogP contribution in [0.15, 0.2) is 48.5 Å². The van der Waals surface area contributed by atoms with Gasteiger partial charge in [-0.3, -0.25) is 0 Å². The maximum Gasteiger partial charge on any atom is 0.123 e. The van der Waals surface area contributed by atoms with Gasteiger partial charge in [0.2, 0.25) is 0 Å². The van der Waals surface area contributed by atoms with Gasteiger partial charge in [-0.05, 0) is 47.6 Å². The number of aliphatic hydroxyl groups is 1. The van der Waals surface area contributed by atoms with E-state index in [1.54, 1.807) is 12.1 Å². The van der Waals surface area contributed by atoms with E-state index in [9.17, 15) is 9.50 Å². The molecule has 0 amide bonds. The zero-order chi connectivity index (χ0) is 14.7. The average molecular weight is 284 g/mol. The van der Waals surface area contributed by atoms with Gasteiger partial charge in [0, 0.05) is 0 Å². The third-order valence-electron chi connectivity index (χ3n) is 4.49. The molecular formula is C19H21FO. The van der Waals surface area contributed by atoms with E-state index in [0.29, 0.717) is 11.5 Å². The van der Waals surface area contributed by atoms with Crippen molar-refractivity contribution < 1.29 is 9.50 Å². The molecule has 1 saturated carbocycles. The number of halogens is 1. The number of benzene rings is 2. The molecule has 21 heavy (non-hydrogen) atoms. The second kappa shape index (κ2) is 6.40. The van der Waals surface area contributed by atoms with E-state index in [1.807, 2.05) is 12.1 Å². The molecule has 0 spiro atoms. The maximum atomic E-state index is 13.2. The van der Waals surface area contributed by atoms with E-state index >= 15 is 0 Å². The van der Waals surface area contributed by atoms with Crippen molar-refractivity contribution >= 4 is 0 Å². The van der Waals surface area contributed by atoms with E-state index in [0.717, 1.165) is 5.56 Å². The molecule has 0 heterocycles. The molecule has 0 bridgehead atoms. The normalized spacial score (nSPS) is 17.6. The molecule has 0 saturated heterocycles. The number of aliphatic hydroxyl groups excluding tert-OH is 1. The summed E-state index contributed by atoms with van der Waals surface area (Å²) >= 11 is 0. The van der Waals surface area contributed by atoms with Crippen LogP contribution in [0.5, 0.6) is 0 Å². The lowest BCUT2D eigenvalue weighted by atomic mass is 9.83. The Morgan fingerprint density at radius 1 is 0.905 bits per heavy atom. The van der Waals surface area contributed by atoms with Crippen molar-refractivity contribution in [1.82, 2.24) is 0 Å². The summed E-state index contributed by atoms with van der Waals surface area (Å²) in [5.74, 6) is 0.351. The Labute approximate surface area is 125 Å². The molecule has 1 aliphatic carbocycles. The molecule has 2 aromatic carbocycles. The molecule has 1 nitrogen and oxygen atoms in total. The third-order valence-corrected chi connectivity index (χ3v) is 4.49. The number of hydrogen-bond acceptors (Lipinski definition) is 1. The SMILES string of the molecule is OC(c1ccc(C2CCCCC2)cc1)c1cccc(F)c1. The van der Waals surface area contributed by atoms with Gasteiger partial charge >= 0.3 is 0 Å². The second-order valence-corrected chi connectivity index (χ2v) is 5.96. The molecule has 0 radical (unpaired) electrons. The monoisotopic (exact) mass is 284 g/mol. The fourth-order valence-electron chi connectivity index (χ4n) is 3.26. The van der Waals surface area contributed by atoms with E-state index < -0.39 is 6.10 Å². The summed E-state index contributed by atoms with van der Waals surface area (Å²) in [7, 11) is 0. The Bertz CT molecular complexity index is 585. The predicted octanol–water partition coefficient (Wildman–Crippen LogP) is 4.96. The van der Waals surface area contributed by atoms with Gasteiger partial charge in [-0.25, -0.2) is 4.39 Å². The lowest BCUT2D eigenvalue weighted by Gasteiger charge is -2.22. The van der Waals surface area contributed by atoms with E-state index in [1.165, 1.54) is 49.8 Å². The summed E-state index contributed by atoms with van der Waals surface area (Å²) in [6.07, 6.45) is 5.77. The van der Waals surface area contributed by atoms with Crippen LogP contribution in [0.25, 0.3) is 0 Å². The molecule has 1 unspecified atom stereocenters. The van der Waals surface area contributed by atoms with Crippen LogP contribution in [-0.2, 0) is 0 Å².